The number of methoxy groups -OCH3 is 1. The zero-order chi connectivity index (χ0) is 20.3. The highest BCUT2D eigenvalue weighted by Crippen LogP contribution is 2.52. The second-order valence-electron chi connectivity index (χ2n) is 7.13. The van der Waals surface area contributed by atoms with Crippen LogP contribution in [0, 0.1) is 10.1 Å². The summed E-state index contributed by atoms with van der Waals surface area (Å²) in [7, 11) is 3.36. The number of anilines is 1. The molecule has 0 N–H and O–H groups in total. The molecule has 0 saturated carbocycles. The van der Waals surface area contributed by atoms with Crippen molar-refractivity contribution in [1.29, 1.82) is 0 Å². The molecule has 0 bridgehead atoms. The second kappa shape index (κ2) is 5.88. The van der Waals surface area contributed by atoms with E-state index in [-0.39, 0.29) is 11.4 Å². The molecule has 2 aliphatic rings. The smallest absolute Gasteiger partial charge is 0.363 e. The molecule has 0 unspecified atom stereocenters. The summed E-state index contributed by atoms with van der Waals surface area (Å²) in [5, 5.41) is 13.3. The van der Waals surface area contributed by atoms with Gasteiger partial charge in [-0.05, 0) is 24.5 Å². The summed E-state index contributed by atoms with van der Waals surface area (Å²) in [4.78, 5) is 12.8. The fraction of sp³-hybridized carbons (Fsp3) is 0.182. The van der Waals surface area contributed by atoms with Crippen LogP contribution in [0.3, 0.4) is 0 Å². The van der Waals surface area contributed by atoms with Gasteiger partial charge in [-0.2, -0.15) is 0 Å². The number of fused-ring (bicyclic) bond motifs is 4. The maximum Gasteiger partial charge on any atom is 0.363 e. The Bertz CT molecular complexity index is 1220. The molecule has 146 valence electrons. The van der Waals surface area contributed by atoms with Crippen LogP contribution in [0.4, 0.5) is 11.4 Å². The van der Waals surface area contributed by atoms with Crippen LogP contribution >= 0.6 is 0 Å². The fourth-order valence-electron chi connectivity index (χ4n) is 4.03. The van der Waals surface area contributed by atoms with Crippen molar-refractivity contribution in [2.45, 2.75) is 12.8 Å². The summed E-state index contributed by atoms with van der Waals surface area (Å²) in [6, 6.07) is 14.9. The van der Waals surface area contributed by atoms with Crippen LogP contribution in [0.1, 0.15) is 12.5 Å². The van der Waals surface area contributed by atoms with E-state index in [2.05, 4.69) is 0 Å². The van der Waals surface area contributed by atoms with Gasteiger partial charge in [-0.1, -0.05) is 30.3 Å². The molecular formula is C22H18N2O5. The van der Waals surface area contributed by atoms with Gasteiger partial charge in [0.05, 0.1) is 23.8 Å². The molecule has 3 aromatic carbocycles. The van der Waals surface area contributed by atoms with Gasteiger partial charge in [0.15, 0.2) is 17.2 Å². The number of nitro benzene ring substituents is 1. The number of rotatable bonds is 2. The van der Waals surface area contributed by atoms with E-state index in [1.807, 2.05) is 61.3 Å². The third-order valence-corrected chi connectivity index (χ3v) is 5.51. The van der Waals surface area contributed by atoms with E-state index >= 15 is 0 Å². The van der Waals surface area contributed by atoms with Crippen LogP contribution in [0.5, 0.6) is 17.2 Å². The van der Waals surface area contributed by atoms with Crippen molar-refractivity contribution in [1.82, 2.24) is 0 Å². The van der Waals surface area contributed by atoms with Crippen molar-refractivity contribution < 1.29 is 19.1 Å². The predicted octanol–water partition coefficient (Wildman–Crippen LogP) is 4.73. The van der Waals surface area contributed by atoms with E-state index in [1.165, 1.54) is 19.2 Å². The number of benzene rings is 3. The first-order valence-electron chi connectivity index (χ1n) is 9.13. The van der Waals surface area contributed by atoms with E-state index in [4.69, 9.17) is 14.2 Å². The summed E-state index contributed by atoms with van der Waals surface area (Å²) >= 11 is 0. The molecule has 0 aliphatic carbocycles. The third kappa shape index (κ3) is 2.30. The molecule has 7 nitrogen and oxygen atoms in total. The second-order valence-corrected chi connectivity index (χ2v) is 7.13. The number of nitro groups is 1. The van der Waals surface area contributed by atoms with Crippen LogP contribution < -0.4 is 19.1 Å². The summed E-state index contributed by atoms with van der Waals surface area (Å²) in [5.41, 5.74) is 2.20. The molecule has 0 radical (unpaired) electrons. The topological polar surface area (TPSA) is 74.1 Å². The highest BCUT2D eigenvalue weighted by molar-refractivity contribution is 5.95. The zero-order valence-corrected chi connectivity index (χ0v) is 16.1. The SMILES string of the molecule is COc1cc([N+](=O)[O-])cc2c1O[C@@]1(Oc3c(ccc4ccccc34)N1C)C(C)=C2. The van der Waals surface area contributed by atoms with Crippen LogP contribution in [0.15, 0.2) is 54.1 Å². The van der Waals surface area contributed by atoms with Crippen LogP contribution in [0.25, 0.3) is 16.8 Å². The third-order valence-electron chi connectivity index (χ3n) is 5.51. The lowest BCUT2D eigenvalue weighted by atomic mass is 10.0. The number of non-ortho nitro benzene ring substituents is 1. The minimum atomic E-state index is -1.19. The van der Waals surface area contributed by atoms with Gasteiger partial charge in [0, 0.05) is 29.6 Å². The van der Waals surface area contributed by atoms with E-state index in [0.29, 0.717) is 11.3 Å². The van der Waals surface area contributed by atoms with E-state index in [1.54, 1.807) is 0 Å². The lowest BCUT2D eigenvalue weighted by molar-refractivity contribution is -0.385. The Morgan fingerprint density at radius 2 is 1.86 bits per heavy atom. The molecule has 0 aromatic heterocycles. The Hall–Kier alpha value is -3.74. The minimum Gasteiger partial charge on any atom is -0.493 e. The van der Waals surface area contributed by atoms with Gasteiger partial charge >= 0.3 is 5.91 Å². The molecule has 1 spiro atoms. The summed E-state index contributed by atoms with van der Waals surface area (Å²) in [5.74, 6) is 0.244. The molecule has 0 amide bonds. The lowest BCUT2D eigenvalue weighted by Gasteiger charge is -2.39. The van der Waals surface area contributed by atoms with Crippen LogP contribution in [0.2, 0.25) is 0 Å². The van der Waals surface area contributed by atoms with Gasteiger partial charge in [0.2, 0.25) is 0 Å². The van der Waals surface area contributed by atoms with Gasteiger partial charge in [0.25, 0.3) is 5.69 Å². The molecular weight excluding hydrogens is 372 g/mol. The van der Waals surface area contributed by atoms with Crippen molar-refractivity contribution in [3.63, 3.8) is 0 Å². The summed E-state index contributed by atoms with van der Waals surface area (Å²) in [6.45, 7) is 1.89. The monoisotopic (exact) mass is 390 g/mol. The lowest BCUT2D eigenvalue weighted by Crippen LogP contribution is -2.54. The number of hydrogen-bond donors (Lipinski definition) is 0. The molecule has 3 aromatic rings. The average molecular weight is 390 g/mol. The Morgan fingerprint density at radius 1 is 1.10 bits per heavy atom. The zero-order valence-electron chi connectivity index (χ0n) is 16.1. The Labute approximate surface area is 166 Å². The molecule has 7 heteroatoms. The standard InChI is InChI=1S/C22H18N2O5/c1-13-10-15-11-16(24(25)26)12-19(27-3)20(15)28-22(13)23(2)18-9-8-14-6-4-5-7-17(14)21(18)29-22/h4-12H,1-3H3/t22-/m1/s1. The molecule has 2 aliphatic heterocycles. The average Bonchev–Trinajstić information content (AvgIpc) is 3.01. The van der Waals surface area contributed by atoms with Gasteiger partial charge in [0.1, 0.15) is 0 Å². The highest BCUT2D eigenvalue weighted by atomic mass is 16.7. The first-order valence-corrected chi connectivity index (χ1v) is 9.13. The number of likely N-dealkylation sites (N-methyl/N-ethyl adjacent to an activating group) is 1. The van der Waals surface area contributed by atoms with E-state index in [0.717, 1.165) is 27.8 Å². The summed E-state index contributed by atoms with van der Waals surface area (Å²) < 4.78 is 18.2. The van der Waals surface area contributed by atoms with Gasteiger partial charge < -0.3 is 14.2 Å². The van der Waals surface area contributed by atoms with E-state index < -0.39 is 10.8 Å². The van der Waals surface area contributed by atoms with Crippen LogP contribution in [-0.2, 0) is 0 Å². The number of nitrogens with zero attached hydrogens (tertiary/aromatic N) is 2. The van der Waals surface area contributed by atoms with E-state index in [9.17, 15) is 10.1 Å². The molecule has 0 saturated heterocycles. The number of hydrogen-bond acceptors (Lipinski definition) is 6. The maximum absolute atomic E-state index is 11.3. The van der Waals surface area contributed by atoms with Crippen molar-refractivity contribution in [3.05, 3.63) is 69.8 Å². The Kier molecular flexibility index (Phi) is 3.52. The highest BCUT2D eigenvalue weighted by Gasteiger charge is 2.51. The predicted molar refractivity (Wildman–Crippen MR) is 110 cm³/mol. The Morgan fingerprint density at radius 3 is 2.62 bits per heavy atom. The largest absolute Gasteiger partial charge is 0.493 e. The van der Waals surface area contributed by atoms with Crippen molar-refractivity contribution >= 4 is 28.2 Å². The van der Waals surface area contributed by atoms with Crippen molar-refractivity contribution in [3.8, 4) is 17.2 Å². The Balaban J connectivity index is 1.68. The van der Waals surface area contributed by atoms with Gasteiger partial charge in [-0.3, -0.25) is 15.0 Å². The van der Waals surface area contributed by atoms with Gasteiger partial charge in [-0.15, -0.1) is 0 Å². The van der Waals surface area contributed by atoms with Crippen molar-refractivity contribution in [2.24, 2.45) is 0 Å². The van der Waals surface area contributed by atoms with Crippen molar-refractivity contribution in [2.75, 3.05) is 19.1 Å². The molecule has 1 atom stereocenters. The first kappa shape index (κ1) is 17.4. The van der Waals surface area contributed by atoms with Gasteiger partial charge in [-0.25, -0.2) is 0 Å². The molecule has 5 rings (SSSR count). The normalized spacial score (nSPS) is 19.3. The first-order chi connectivity index (χ1) is 13.9. The summed E-state index contributed by atoms with van der Waals surface area (Å²) in [6.07, 6.45) is 1.85. The molecule has 0 fully saturated rings. The maximum atomic E-state index is 11.3. The van der Waals surface area contributed by atoms with Crippen LogP contribution in [-0.4, -0.2) is 25.0 Å². The quantitative estimate of drug-likeness (QED) is 0.465. The molecule has 2 heterocycles. The fourth-order valence-corrected chi connectivity index (χ4v) is 4.03. The minimum absolute atomic E-state index is 0.0563. The molecule has 29 heavy (non-hydrogen) atoms. The number of ether oxygens (including phenoxy) is 3.